The predicted octanol–water partition coefficient (Wildman–Crippen LogP) is 1.97. The van der Waals surface area contributed by atoms with Crippen molar-refractivity contribution < 1.29 is 4.79 Å². The molecule has 1 amide bonds. The van der Waals surface area contributed by atoms with E-state index in [0.717, 1.165) is 0 Å². The summed E-state index contributed by atoms with van der Waals surface area (Å²) in [5.41, 5.74) is 7.40. The SMILES string of the molecule is NC(=S)c1cccc(NC(=O)c2cccnc2)c1. The number of thiocarbonyl (C=S) groups is 1. The quantitative estimate of drug-likeness (QED) is 0.825. The highest BCUT2D eigenvalue weighted by molar-refractivity contribution is 7.80. The van der Waals surface area contributed by atoms with Gasteiger partial charge in [-0.1, -0.05) is 24.4 Å². The van der Waals surface area contributed by atoms with E-state index in [1.165, 1.54) is 6.20 Å². The van der Waals surface area contributed by atoms with Crippen LogP contribution in [-0.2, 0) is 0 Å². The summed E-state index contributed by atoms with van der Waals surface area (Å²) < 4.78 is 0. The number of benzene rings is 1. The summed E-state index contributed by atoms with van der Waals surface area (Å²) in [6.07, 6.45) is 3.12. The first-order valence-electron chi connectivity index (χ1n) is 5.28. The molecule has 0 saturated carbocycles. The molecule has 0 saturated heterocycles. The van der Waals surface area contributed by atoms with Crippen LogP contribution in [0.15, 0.2) is 48.8 Å². The van der Waals surface area contributed by atoms with Crippen LogP contribution in [0.5, 0.6) is 0 Å². The summed E-state index contributed by atoms with van der Waals surface area (Å²) in [6.45, 7) is 0. The lowest BCUT2D eigenvalue weighted by Gasteiger charge is -2.06. The van der Waals surface area contributed by atoms with Gasteiger partial charge in [0.05, 0.1) is 5.56 Å². The van der Waals surface area contributed by atoms with E-state index in [1.54, 1.807) is 42.6 Å². The van der Waals surface area contributed by atoms with E-state index in [0.29, 0.717) is 21.8 Å². The molecule has 1 heterocycles. The molecule has 90 valence electrons. The Kier molecular flexibility index (Phi) is 3.64. The van der Waals surface area contributed by atoms with Gasteiger partial charge in [0.2, 0.25) is 0 Å². The van der Waals surface area contributed by atoms with Crippen molar-refractivity contribution in [3.8, 4) is 0 Å². The van der Waals surface area contributed by atoms with Gasteiger partial charge in [-0.3, -0.25) is 9.78 Å². The fourth-order valence-electron chi connectivity index (χ4n) is 1.45. The maximum atomic E-state index is 11.9. The highest BCUT2D eigenvalue weighted by atomic mass is 32.1. The Hall–Kier alpha value is -2.27. The third-order valence-electron chi connectivity index (χ3n) is 2.33. The highest BCUT2D eigenvalue weighted by Crippen LogP contribution is 2.12. The minimum Gasteiger partial charge on any atom is -0.389 e. The molecule has 1 aromatic carbocycles. The van der Waals surface area contributed by atoms with Crippen molar-refractivity contribution in [2.75, 3.05) is 5.32 Å². The molecule has 1 aromatic heterocycles. The van der Waals surface area contributed by atoms with E-state index in [2.05, 4.69) is 10.3 Å². The minimum atomic E-state index is -0.219. The number of carbonyl (C=O) groups excluding carboxylic acids is 1. The van der Waals surface area contributed by atoms with E-state index in [1.807, 2.05) is 0 Å². The zero-order valence-electron chi connectivity index (χ0n) is 9.46. The Morgan fingerprint density at radius 1 is 1.22 bits per heavy atom. The zero-order chi connectivity index (χ0) is 13.0. The van der Waals surface area contributed by atoms with Gasteiger partial charge in [-0.2, -0.15) is 0 Å². The molecule has 3 N–H and O–H groups in total. The van der Waals surface area contributed by atoms with Crippen LogP contribution in [0.2, 0.25) is 0 Å². The van der Waals surface area contributed by atoms with Crippen LogP contribution in [0, 0.1) is 0 Å². The Morgan fingerprint density at radius 3 is 2.67 bits per heavy atom. The average Bonchev–Trinajstić information content (AvgIpc) is 2.40. The predicted molar refractivity (Wildman–Crippen MR) is 74.5 cm³/mol. The van der Waals surface area contributed by atoms with E-state index in [9.17, 15) is 4.79 Å². The Labute approximate surface area is 110 Å². The van der Waals surface area contributed by atoms with Crippen LogP contribution in [0.1, 0.15) is 15.9 Å². The number of nitrogens with one attached hydrogen (secondary N) is 1. The second-order valence-electron chi connectivity index (χ2n) is 3.64. The number of nitrogens with zero attached hydrogens (tertiary/aromatic N) is 1. The Balaban J connectivity index is 2.17. The standard InChI is InChI=1S/C13H11N3OS/c14-12(18)9-3-1-5-11(7-9)16-13(17)10-4-2-6-15-8-10/h1-8H,(H2,14,18)(H,16,17). The second-order valence-corrected chi connectivity index (χ2v) is 4.08. The van der Waals surface area contributed by atoms with Crippen LogP contribution >= 0.6 is 12.2 Å². The molecule has 0 bridgehead atoms. The van der Waals surface area contributed by atoms with E-state index >= 15 is 0 Å². The number of nitrogens with two attached hydrogens (primary N) is 1. The maximum absolute atomic E-state index is 11.9. The van der Waals surface area contributed by atoms with Gasteiger partial charge < -0.3 is 11.1 Å². The van der Waals surface area contributed by atoms with Gasteiger partial charge in [-0.15, -0.1) is 0 Å². The smallest absolute Gasteiger partial charge is 0.257 e. The van der Waals surface area contributed by atoms with Crippen LogP contribution in [0.3, 0.4) is 0 Å². The summed E-state index contributed by atoms with van der Waals surface area (Å²) >= 11 is 4.88. The van der Waals surface area contributed by atoms with E-state index < -0.39 is 0 Å². The minimum absolute atomic E-state index is 0.219. The summed E-state index contributed by atoms with van der Waals surface area (Å²) in [6, 6.07) is 10.5. The number of pyridine rings is 1. The summed E-state index contributed by atoms with van der Waals surface area (Å²) in [5.74, 6) is -0.219. The van der Waals surface area contributed by atoms with E-state index in [-0.39, 0.29) is 5.91 Å². The number of hydrogen-bond donors (Lipinski definition) is 2. The lowest BCUT2D eigenvalue weighted by molar-refractivity contribution is 0.102. The fraction of sp³-hybridized carbons (Fsp3) is 0. The Morgan fingerprint density at radius 2 is 2.00 bits per heavy atom. The number of aromatic nitrogens is 1. The molecule has 5 heteroatoms. The first-order valence-corrected chi connectivity index (χ1v) is 5.69. The van der Waals surface area contributed by atoms with Gasteiger partial charge in [0, 0.05) is 23.6 Å². The molecular formula is C13H11N3OS. The van der Waals surface area contributed by atoms with E-state index in [4.69, 9.17) is 18.0 Å². The summed E-state index contributed by atoms with van der Waals surface area (Å²) in [4.78, 5) is 16.1. The molecule has 2 aromatic rings. The molecular weight excluding hydrogens is 246 g/mol. The fourth-order valence-corrected chi connectivity index (χ4v) is 1.58. The zero-order valence-corrected chi connectivity index (χ0v) is 10.3. The van der Waals surface area contributed by atoms with Crippen LogP contribution in [0.4, 0.5) is 5.69 Å². The van der Waals surface area contributed by atoms with Gasteiger partial charge in [0.15, 0.2) is 0 Å². The van der Waals surface area contributed by atoms with Crippen molar-refractivity contribution in [3.05, 3.63) is 59.9 Å². The third kappa shape index (κ3) is 2.89. The topological polar surface area (TPSA) is 68.0 Å². The highest BCUT2D eigenvalue weighted by Gasteiger charge is 2.06. The van der Waals surface area contributed by atoms with Gasteiger partial charge in [0.25, 0.3) is 5.91 Å². The number of rotatable bonds is 3. The van der Waals surface area contributed by atoms with Crippen molar-refractivity contribution in [1.82, 2.24) is 4.98 Å². The number of anilines is 1. The second kappa shape index (κ2) is 5.37. The van der Waals surface area contributed by atoms with Crippen LogP contribution < -0.4 is 11.1 Å². The van der Waals surface area contributed by atoms with Crippen molar-refractivity contribution in [3.63, 3.8) is 0 Å². The number of carbonyl (C=O) groups is 1. The molecule has 0 aliphatic rings. The van der Waals surface area contributed by atoms with Gasteiger partial charge in [-0.25, -0.2) is 0 Å². The first-order chi connectivity index (χ1) is 8.66. The molecule has 0 fully saturated rings. The third-order valence-corrected chi connectivity index (χ3v) is 2.56. The molecule has 0 radical (unpaired) electrons. The maximum Gasteiger partial charge on any atom is 0.257 e. The first kappa shape index (κ1) is 12.2. The molecule has 4 nitrogen and oxygen atoms in total. The molecule has 0 unspecified atom stereocenters. The summed E-state index contributed by atoms with van der Waals surface area (Å²) in [5, 5.41) is 2.76. The number of hydrogen-bond acceptors (Lipinski definition) is 3. The Bertz CT molecular complexity index is 584. The molecule has 0 aliphatic carbocycles. The van der Waals surface area contributed by atoms with Gasteiger partial charge in [-0.05, 0) is 24.3 Å². The van der Waals surface area contributed by atoms with Crippen molar-refractivity contribution in [1.29, 1.82) is 0 Å². The monoisotopic (exact) mass is 257 g/mol. The van der Waals surface area contributed by atoms with Crippen LogP contribution in [-0.4, -0.2) is 15.9 Å². The lowest BCUT2D eigenvalue weighted by atomic mass is 10.2. The van der Waals surface area contributed by atoms with Gasteiger partial charge >= 0.3 is 0 Å². The lowest BCUT2D eigenvalue weighted by Crippen LogP contribution is -2.14. The molecule has 0 aliphatic heterocycles. The molecule has 18 heavy (non-hydrogen) atoms. The largest absolute Gasteiger partial charge is 0.389 e. The molecule has 0 atom stereocenters. The average molecular weight is 257 g/mol. The van der Waals surface area contributed by atoms with Crippen molar-refractivity contribution >= 4 is 28.8 Å². The summed E-state index contributed by atoms with van der Waals surface area (Å²) in [7, 11) is 0. The van der Waals surface area contributed by atoms with Gasteiger partial charge in [0.1, 0.15) is 4.99 Å². The van der Waals surface area contributed by atoms with Crippen molar-refractivity contribution in [2.45, 2.75) is 0 Å². The van der Waals surface area contributed by atoms with Crippen molar-refractivity contribution in [2.24, 2.45) is 5.73 Å². The molecule has 2 rings (SSSR count). The van der Waals surface area contributed by atoms with Crippen LogP contribution in [0.25, 0.3) is 0 Å². The number of amides is 1. The molecule has 0 spiro atoms. The normalized spacial score (nSPS) is 9.78.